The molecule has 49 heavy (non-hydrogen) atoms. The van der Waals surface area contributed by atoms with Gasteiger partial charge in [-0.3, -0.25) is 14.8 Å². The van der Waals surface area contributed by atoms with E-state index in [0.29, 0.717) is 25.6 Å². The third-order valence-corrected chi connectivity index (χ3v) is 10.6. The van der Waals surface area contributed by atoms with Gasteiger partial charge in [0.05, 0.1) is 17.8 Å². The molecule has 0 bridgehead atoms. The SMILES string of the molecule is CC(C)(C)OC(=O)N1CCN(c2cccc3c2C[C@H](CN(CC2CCCCC2)[C@H]2CCCc4cccnc42)N(C(=O)OC(C)(C)C)C3)CC1. The number of anilines is 1. The second-order valence-corrected chi connectivity index (χ2v) is 16.7. The number of carbonyl (C=O) groups excluding carboxylic acids is 2. The van der Waals surface area contributed by atoms with Crippen molar-refractivity contribution in [3.05, 3.63) is 58.9 Å². The lowest BCUT2D eigenvalue weighted by molar-refractivity contribution is 0.00300. The van der Waals surface area contributed by atoms with Gasteiger partial charge in [0.15, 0.2) is 0 Å². The molecule has 2 aromatic rings. The third-order valence-electron chi connectivity index (χ3n) is 10.6. The van der Waals surface area contributed by atoms with Crippen LogP contribution in [0.25, 0.3) is 0 Å². The van der Waals surface area contributed by atoms with E-state index in [0.717, 1.165) is 51.9 Å². The van der Waals surface area contributed by atoms with Crippen LogP contribution in [0.1, 0.15) is 115 Å². The fourth-order valence-corrected chi connectivity index (χ4v) is 8.35. The maximum atomic E-state index is 14.0. The van der Waals surface area contributed by atoms with Crippen molar-refractivity contribution in [2.75, 3.05) is 44.2 Å². The van der Waals surface area contributed by atoms with Gasteiger partial charge in [0.1, 0.15) is 11.2 Å². The Hall–Kier alpha value is -3.33. The van der Waals surface area contributed by atoms with E-state index in [-0.39, 0.29) is 24.3 Å². The number of aryl methyl sites for hydroxylation is 1. The van der Waals surface area contributed by atoms with Gasteiger partial charge < -0.3 is 19.3 Å². The van der Waals surface area contributed by atoms with Crippen LogP contribution in [0.2, 0.25) is 0 Å². The van der Waals surface area contributed by atoms with Crippen molar-refractivity contribution in [1.82, 2.24) is 19.7 Å². The molecule has 2 atom stereocenters. The third kappa shape index (κ3) is 8.89. The number of fused-ring (bicyclic) bond motifs is 2. The molecule has 0 radical (unpaired) electrons. The van der Waals surface area contributed by atoms with Crippen molar-refractivity contribution < 1.29 is 19.1 Å². The molecule has 9 heteroatoms. The monoisotopic (exact) mass is 673 g/mol. The molecule has 268 valence electrons. The number of pyridine rings is 1. The predicted octanol–water partition coefficient (Wildman–Crippen LogP) is 7.76. The zero-order chi connectivity index (χ0) is 34.8. The number of amides is 2. The van der Waals surface area contributed by atoms with Crippen LogP contribution in [0.15, 0.2) is 36.5 Å². The van der Waals surface area contributed by atoms with E-state index in [1.807, 2.05) is 57.5 Å². The van der Waals surface area contributed by atoms with E-state index in [4.69, 9.17) is 14.5 Å². The molecule has 4 aliphatic rings. The summed E-state index contributed by atoms with van der Waals surface area (Å²) >= 11 is 0. The molecule has 6 rings (SSSR count). The summed E-state index contributed by atoms with van der Waals surface area (Å²) < 4.78 is 11.7. The fourth-order valence-electron chi connectivity index (χ4n) is 8.35. The molecule has 1 saturated heterocycles. The highest BCUT2D eigenvalue weighted by molar-refractivity contribution is 5.71. The second-order valence-electron chi connectivity index (χ2n) is 16.7. The van der Waals surface area contributed by atoms with Gasteiger partial charge >= 0.3 is 12.2 Å². The fraction of sp³-hybridized carbons (Fsp3) is 0.675. The maximum absolute atomic E-state index is 14.0. The van der Waals surface area contributed by atoms with Gasteiger partial charge in [-0.25, -0.2) is 9.59 Å². The average Bonchev–Trinajstić information content (AvgIpc) is 3.06. The molecule has 1 aromatic carbocycles. The summed E-state index contributed by atoms with van der Waals surface area (Å²) in [7, 11) is 0. The lowest BCUT2D eigenvalue weighted by Crippen LogP contribution is -2.53. The summed E-state index contributed by atoms with van der Waals surface area (Å²) in [5, 5.41) is 0. The number of hydrogen-bond acceptors (Lipinski definition) is 7. The normalized spacial score (nSPS) is 22.1. The Morgan fingerprint density at radius 3 is 2.22 bits per heavy atom. The Morgan fingerprint density at radius 1 is 0.816 bits per heavy atom. The highest BCUT2D eigenvalue weighted by Gasteiger charge is 2.39. The highest BCUT2D eigenvalue weighted by atomic mass is 16.6. The molecule has 3 heterocycles. The van der Waals surface area contributed by atoms with Gasteiger partial charge in [-0.2, -0.15) is 0 Å². The van der Waals surface area contributed by atoms with E-state index in [9.17, 15) is 9.59 Å². The first kappa shape index (κ1) is 35.5. The number of piperazine rings is 1. The van der Waals surface area contributed by atoms with E-state index in [1.54, 1.807) is 0 Å². The van der Waals surface area contributed by atoms with Crippen LogP contribution >= 0.6 is 0 Å². The van der Waals surface area contributed by atoms with Crippen LogP contribution in [-0.4, -0.2) is 88.4 Å². The molecule has 2 amide bonds. The Bertz CT molecular complexity index is 1450. The Balaban J connectivity index is 1.28. The largest absolute Gasteiger partial charge is 0.444 e. The van der Waals surface area contributed by atoms with Crippen LogP contribution in [0, 0.1) is 5.92 Å². The minimum Gasteiger partial charge on any atom is -0.444 e. The first-order chi connectivity index (χ1) is 23.3. The molecule has 0 unspecified atom stereocenters. The molecule has 1 saturated carbocycles. The van der Waals surface area contributed by atoms with Crippen molar-refractivity contribution in [3.63, 3.8) is 0 Å². The van der Waals surface area contributed by atoms with Crippen LogP contribution < -0.4 is 4.90 Å². The number of rotatable bonds is 6. The molecule has 9 nitrogen and oxygen atoms in total. The number of nitrogens with zero attached hydrogens (tertiary/aromatic N) is 5. The zero-order valence-electron chi connectivity index (χ0n) is 30.9. The van der Waals surface area contributed by atoms with E-state index in [2.05, 4.69) is 40.1 Å². The molecule has 2 aliphatic heterocycles. The van der Waals surface area contributed by atoms with Gasteiger partial charge in [-0.1, -0.05) is 37.5 Å². The van der Waals surface area contributed by atoms with Crippen molar-refractivity contribution in [2.45, 2.75) is 129 Å². The molecular weight excluding hydrogens is 614 g/mol. The minimum atomic E-state index is -0.578. The smallest absolute Gasteiger partial charge is 0.410 e. The summed E-state index contributed by atoms with van der Waals surface area (Å²) in [5.74, 6) is 0.672. The van der Waals surface area contributed by atoms with E-state index < -0.39 is 11.2 Å². The lowest BCUT2D eigenvalue weighted by atomic mass is 9.85. The summed E-state index contributed by atoms with van der Waals surface area (Å²) in [6.07, 6.45) is 12.1. The summed E-state index contributed by atoms with van der Waals surface area (Å²) in [5.41, 5.74) is 5.23. The molecule has 0 N–H and O–H groups in total. The lowest BCUT2D eigenvalue weighted by Gasteiger charge is -2.45. The molecule has 1 aromatic heterocycles. The van der Waals surface area contributed by atoms with Gasteiger partial charge in [0, 0.05) is 57.7 Å². The van der Waals surface area contributed by atoms with Crippen molar-refractivity contribution in [1.29, 1.82) is 0 Å². The average molecular weight is 674 g/mol. The van der Waals surface area contributed by atoms with Gasteiger partial charge in [0.2, 0.25) is 0 Å². The molecule has 2 aliphatic carbocycles. The summed E-state index contributed by atoms with van der Waals surface area (Å²) in [6, 6.07) is 11.1. The van der Waals surface area contributed by atoms with Crippen LogP contribution in [0.3, 0.4) is 0 Å². The first-order valence-electron chi connectivity index (χ1n) is 18.9. The van der Waals surface area contributed by atoms with Crippen LogP contribution in [0.4, 0.5) is 15.3 Å². The number of ether oxygens (including phenoxy) is 2. The van der Waals surface area contributed by atoms with Gasteiger partial charge in [-0.05, 0) is 115 Å². The Morgan fingerprint density at radius 2 is 1.51 bits per heavy atom. The Labute approximate surface area is 294 Å². The zero-order valence-corrected chi connectivity index (χ0v) is 30.9. The van der Waals surface area contributed by atoms with Gasteiger partial charge in [0.25, 0.3) is 0 Å². The first-order valence-corrected chi connectivity index (χ1v) is 18.9. The van der Waals surface area contributed by atoms with E-state index in [1.165, 1.54) is 60.2 Å². The second kappa shape index (κ2) is 14.9. The van der Waals surface area contributed by atoms with Crippen molar-refractivity contribution in [3.8, 4) is 0 Å². The van der Waals surface area contributed by atoms with Crippen molar-refractivity contribution in [2.24, 2.45) is 5.92 Å². The maximum Gasteiger partial charge on any atom is 0.410 e. The van der Waals surface area contributed by atoms with Crippen LogP contribution in [0.5, 0.6) is 0 Å². The Kier molecular flexibility index (Phi) is 10.8. The van der Waals surface area contributed by atoms with E-state index >= 15 is 0 Å². The minimum absolute atomic E-state index is 0.0377. The predicted molar refractivity (Wildman–Crippen MR) is 194 cm³/mol. The summed E-state index contributed by atoms with van der Waals surface area (Å²) in [6.45, 7) is 16.7. The number of hydrogen-bond donors (Lipinski definition) is 0. The number of aromatic nitrogens is 1. The van der Waals surface area contributed by atoms with Gasteiger partial charge in [-0.15, -0.1) is 0 Å². The molecular formula is C40H59N5O4. The number of carbonyl (C=O) groups is 2. The number of benzene rings is 1. The topological polar surface area (TPSA) is 78.5 Å². The van der Waals surface area contributed by atoms with Crippen LogP contribution in [-0.2, 0) is 28.9 Å². The molecule has 0 spiro atoms. The quantitative estimate of drug-likeness (QED) is 0.310. The van der Waals surface area contributed by atoms with Crippen molar-refractivity contribution >= 4 is 17.9 Å². The highest BCUT2D eigenvalue weighted by Crippen LogP contribution is 2.38. The standard InChI is InChI=1S/C40H59N5O4/c1-39(2,3)48-37(46)43-23-21-42(22-24-43)34-18-11-16-31-27-45(38(47)49-40(4,5)6)32(25-33(31)34)28-44(26-29-13-8-7-9-14-29)35-19-10-15-30-17-12-20-41-36(30)35/h11-12,16-18,20,29,32,35H,7-10,13-15,19,21-28H2,1-6H3/t32-,35+/m1/s1. The molecule has 2 fully saturated rings. The summed E-state index contributed by atoms with van der Waals surface area (Å²) in [4.78, 5) is 40.7.